The minimum atomic E-state index is -0.888. The third-order valence-corrected chi connectivity index (χ3v) is 8.50. The van der Waals surface area contributed by atoms with Crippen LogP contribution in [0, 0.1) is 73.9 Å². The molecule has 51 heavy (non-hydrogen) atoms. The van der Waals surface area contributed by atoms with Gasteiger partial charge in [0.05, 0.1) is 30.2 Å². The van der Waals surface area contributed by atoms with Crippen molar-refractivity contribution in [3.63, 3.8) is 0 Å². The molecule has 272 valence electrons. The largest absolute Gasteiger partial charge is 1.00 e. The Balaban J connectivity index is 0. The number of rotatable bonds is 1. The van der Waals surface area contributed by atoms with E-state index in [4.69, 9.17) is 21.0 Å². The fourth-order valence-electron chi connectivity index (χ4n) is 8.05. The van der Waals surface area contributed by atoms with Crippen LogP contribution in [0.25, 0.3) is 0 Å². The van der Waals surface area contributed by atoms with Gasteiger partial charge < -0.3 is 12.0 Å². The molecule has 1 unspecified atom stereocenters. The van der Waals surface area contributed by atoms with Gasteiger partial charge in [-0.2, -0.15) is 15.8 Å². The molecule has 4 aliphatic carbocycles. The Morgan fingerprint density at radius 2 is 1.00 bits per heavy atom. The number of ketones is 1. The summed E-state index contributed by atoms with van der Waals surface area (Å²) in [5.41, 5.74) is 7.62. The van der Waals surface area contributed by atoms with Gasteiger partial charge in [-0.25, -0.2) is 5.26 Å². The van der Waals surface area contributed by atoms with Gasteiger partial charge in [0.25, 0.3) is 0 Å². The Kier molecular flexibility index (Phi) is 21.2. The van der Waals surface area contributed by atoms with E-state index < -0.39 is 5.60 Å². The Hall–Kier alpha value is -3.50. The van der Waals surface area contributed by atoms with Crippen LogP contribution in [-0.2, 0) is 4.79 Å². The molecule has 0 heterocycles. The van der Waals surface area contributed by atoms with Crippen LogP contribution >= 0.6 is 0 Å². The van der Waals surface area contributed by atoms with Gasteiger partial charge in [-0.1, -0.05) is 95.9 Å². The fourth-order valence-corrected chi connectivity index (χ4v) is 8.05. The maximum Gasteiger partial charge on any atom is 1.00 e. The van der Waals surface area contributed by atoms with Crippen LogP contribution in [0.4, 0.5) is 0 Å². The van der Waals surface area contributed by atoms with E-state index >= 15 is 0 Å². The fraction of sp³-hybridized carbons (Fsp3) is 0.591. The zero-order chi connectivity index (χ0) is 39.0. The van der Waals surface area contributed by atoms with Gasteiger partial charge in [-0.3, -0.25) is 4.79 Å². The predicted molar refractivity (Wildman–Crippen MR) is 206 cm³/mol. The Bertz CT molecular complexity index is 1490. The number of allylic oxidation sites excluding steroid dienone is 11. The number of carbonyl (C=O) groups excluding carboxylic acids is 1. The molecule has 1 atom stereocenters. The summed E-state index contributed by atoms with van der Waals surface area (Å²) in [4.78, 5) is 11.0. The molecule has 0 aromatic rings. The number of hydrogen-bond donors (Lipinski definition) is 1. The summed E-state index contributed by atoms with van der Waals surface area (Å²) >= 11 is 0. The van der Waals surface area contributed by atoms with E-state index in [1.165, 1.54) is 39.5 Å². The molecule has 0 spiro atoms. The van der Waals surface area contributed by atoms with Crippen molar-refractivity contribution in [1.29, 1.82) is 21.0 Å². The molecule has 4 aliphatic rings. The molecule has 0 aromatic heterocycles. The summed E-state index contributed by atoms with van der Waals surface area (Å²) in [6, 6.07) is 7.72. The van der Waals surface area contributed by atoms with Gasteiger partial charge in [0.1, 0.15) is 0 Å². The first kappa shape index (κ1) is 49.6. The van der Waals surface area contributed by atoms with Crippen molar-refractivity contribution < 1.29 is 28.8 Å². The van der Waals surface area contributed by atoms with Gasteiger partial charge in [-0.05, 0) is 112 Å². The van der Waals surface area contributed by atoms with E-state index in [0.29, 0.717) is 23.7 Å². The third-order valence-electron chi connectivity index (χ3n) is 8.50. The molecule has 0 saturated heterocycles. The number of aliphatic hydroxyl groups is 1. The Morgan fingerprint density at radius 1 is 0.647 bits per heavy atom. The number of hydrogen-bond acceptors (Lipinski definition) is 6. The molecule has 6 nitrogen and oxygen atoms in total. The van der Waals surface area contributed by atoms with Crippen molar-refractivity contribution in [3.05, 3.63) is 76.8 Å². The van der Waals surface area contributed by atoms with Gasteiger partial charge in [0.2, 0.25) is 0 Å². The van der Waals surface area contributed by atoms with Crippen molar-refractivity contribution >= 4 is 5.78 Å². The summed E-state index contributed by atoms with van der Waals surface area (Å²) in [6.07, 6.45) is 19.2. The molecule has 0 radical (unpaired) electrons. The second kappa shape index (κ2) is 21.8. The van der Waals surface area contributed by atoms with E-state index in [0.717, 1.165) is 38.5 Å². The summed E-state index contributed by atoms with van der Waals surface area (Å²) in [6.45, 7) is 28.6. The second-order valence-electron chi connectivity index (χ2n) is 17.8. The van der Waals surface area contributed by atoms with Crippen molar-refractivity contribution in [2.45, 2.75) is 146 Å². The number of nitriles is 4. The summed E-state index contributed by atoms with van der Waals surface area (Å²) in [7, 11) is 0. The van der Waals surface area contributed by atoms with Gasteiger partial charge in [-0.15, -0.1) is 6.07 Å². The van der Waals surface area contributed by atoms with E-state index in [2.05, 4.69) is 100 Å². The summed E-state index contributed by atoms with van der Waals surface area (Å²) in [5.74, 6) is 0.286. The monoisotopic (exact) mass is 687 g/mol. The van der Waals surface area contributed by atoms with Gasteiger partial charge in [0.15, 0.2) is 5.78 Å². The summed E-state index contributed by atoms with van der Waals surface area (Å²) in [5, 5.41) is 42.9. The Morgan fingerprint density at radius 3 is 1.29 bits per heavy atom. The maximum absolute atomic E-state index is 11.0. The standard InChI is InChI=1S/C11H17NO.2C11H15N.C9H14O.C2H2N.Li/c1-9-6-10(2,3)8-11(13,7-9)4-5-12;2*1-9-6-10(4-5-12)8-11(2,3)7-9;1-7-4-8(10)6-9(2,3)5-7;1-2-3;/h7,13H,4,6,8H2,1-3H3;2*4,6H,7-8H2,1-3H3;4H,5-6H2,1-3H3;1H2;/q;;;;-1;+1/b;10-4+;10-4-;;;. The first-order chi connectivity index (χ1) is 22.8. The van der Waals surface area contributed by atoms with Crippen molar-refractivity contribution in [3.8, 4) is 24.3 Å². The zero-order valence-electron chi connectivity index (χ0n) is 34.2. The van der Waals surface area contributed by atoms with Crippen LogP contribution in [-0.4, -0.2) is 16.5 Å². The molecule has 4 rings (SSSR count). The SMILES string of the molecule is CC1=C/C(=C/C#N)CC(C)(C)C1.CC1=C/C(=C\C#N)CC(C)(C)C1.CC1=CC(=O)CC(C)(C)C1.CC1=CC(O)(CC#N)CC(C)(C)C1.[CH2-]C#N.[Li+]. The van der Waals surface area contributed by atoms with Gasteiger partial charge in [0, 0.05) is 18.6 Å². The number of carbonyl (C=O) groups is 1. The molecule has 0 aliphatic heterocycles. The van der Waals surface area contributed by atoms with Crippen LogP contribution in [0.15, 0.2) is 69.9 Å². The van der Waals surface area contributed by atoms with Crippen LogP contribution < -0.4 is 18.9 Å². The Labute approximate surface area is 323 Å². The van der Waals surface area contributed by atoms with Crippen LogP contribution in [0.5, 0.6) is 0 Å². The van der Waals surface area contributed by atoms with E-state index in [1.54, 1.807) is 18.2 Å². The normalized spacial score (nSPS) is 24.8. The second-order valence-corrected chi connectivity index (χ2v) is 17.8. The predicted octanol–water partition coefficient (Wildman–Crippen LogP) is 8.47. The van der Waals surface area contributed by atoms with E-state index in [1.807, 2.05) is 26.0 Å². The summed E-state index contributed by atoms with van der Waals surface area (Å²) < 4.78 is 0. The molecular formula is C44H63LiN4O2. The van der Waals surface area contributed by atoms with Gasteiger partial charge >= 0.3 is 18.9 Å². The topological polar surface area (TPSA) is 132 Å². The van der Waals surface area contributed by atoms with Crippen LogP contribution in [0.2, 0.25) is 0 Å². The van der Waals surface area contributed by atoms with Crippen molar-refractivity contribution in [1.82, 2.24) is 0 Å². The van der Waals surface area contributed by atoms with Crippen molar-refractivity contribution in [2.24, 2.45) is 21.7 Å². The average molecular weight is 687 g/mol. The first-order valence-corrected chi connectivity index (χ1v) is 17.5. The quantitative estimate of drug-likeness (QED) is 0.127. The molecule has 0 fully saturated rings. The molecule has 7 heteroatoms. The minimum absolute atomic E-state index is 0. The average Bonchev–Trinajstić information content (AvgIpc) is 2.85. The molecule has 0 aromatic carbocycles. The van der Waals surface area contributed by atoms with E-state index in [-0.39, 0.29) is 41.9 Å². The molecule has 0 saturated carbocycles. The van der Waals surface area contributed by atoms with Crippen LogP contribution in [0.3, 0.4) is 0 Å². The van der Waals surface area contributed by atoms with Crippen LogP contribution in [0.1, 0.15) is 141 Å². The zero-order valence-corrected chi connectivity index (χ0v) is 34.2. The molecule has 0 amide bonds. The third kappa shape index (κ3) is 22.1. The minimum Gasteiger partial charge on any atom is -0.385 e. The van der Waals surface area contributed by atoms with Crippen molar-refractivity contribution in [2.75, 3.05) is 0 Å². The maximum atomic E-state index is 11.0. The number of nitrogens with zero attached hydrogens (tertiary/aromatic N) is 4. The first-order valence-electron chi connectivity index (χ1n) is 17.5. The molecule has 1 N–H and O–H groups in total. The van der Waals surface area contributed by atoms with E-state index in [9.17, 15) is 9.90 Å². The smallest absolute Gasteiger partial charge is 0.385 e. The molecule has 0 bridgehead atoms. The molecular weight excluding hydrogens is 623 g/mol.